The number of phenols is 1. The Bertz CT molecular complexity index is 266. The number of hydrogen-bond donors (Lipinski definition) is 2. The molecule has 0 bridgehead atoms. The summed E-state index contributed by atoms with van der Waals surface area (Å²) in [7, 11) is 0. The molecule has 1 aromatic carbocycles. The molecule has 2 N–H and O–H groups in total. The summed E-state index contributed by atoms with van der Waals surface area (Å²) in [6.07, 6.45) is -0.514. The second-order valence-electron chi connectivity index (χ2n) is 3.49. The topological polar surface area (TPSA) is 49.7 Å². The molecule has 0 saturated heterocycles. The van der Waals surface area contributed by atoms with Crippen molar-refractivity contribution in [2.75, 3.05) is 6.61 Å². The van der Waals surface area contributed by atoms with E-state index < -0.39 is 6.10 Å². The predicted octanol–water partition coefficient (Wildman–Crippen LogP) is 1.85. The van der Waals surface area contributed by atoms with Crippen LogP contribution in [0, 0.1) is 0 Å². The number of hydrogen-bond acceptors (Lipinski definition) is 3. The maximum atomic E-state index is 9.65. The van der Waals surface area contributed by atoms with Gasteiger partial charge in [0.2, 0.25) is 0 Å². The number of aromatic hydroxyl groups is 1. The maximum Gasteiger partial charge on any atom is 0.115 e. The third-order valence-corrected chi connectivity index (χ3v) is 1.87. The van der Waals surface area contributed by atoms with Gasteiger partial charge in [-0.25, -0.2) is 0 Å². The van der Waals surface area contributed by atoms with Gasteiger partial charge in [-0.05, 0) is 31.5 Å². The van der Waals surface area contributed by atoms with Crippen molar-refractivity contribution in [1.82, 2.24) is 0 Å². The Kier molecular flexibility index (Phi) is 3.92. The Morgan fingerprint density at radius 2 is 1.79 bits per heavy atom. The number of benzene rings is 1. The van der Waals surface area contributed by atoms with Crippen LogP contribution in [0.5, 0.6) is 5.75 Å². The zero-order chi connectivity index (χ0) is 10.6. The van der Waals surface area contributed by atoms with Crippen LogP contribution in [0.1, 0.15) is 25.5 Å². The van der Waals surface area contributed by atoms with Crippen LogP contribution in [0.4, 0.5) is 0 Å². The normalized spacial score (nSPS) is 13.1. The molecule has 0 aliphatic carbocycles. The summed E-state index contributed by atoms with van der Waals surface area (Å²) < 4.78 is 5.28. The van der Waals surface area contributed by atoms with Crippen LogP contribution in [0.2, 0.25) is 0 Å². The summed E-state index contributed by atoms with van der Waals surface area (Å²) in [6, 6.07) is 6.47. The molecule has 3 heteroatoms. The van der Waals surface area contributed by atoms with Crippen molar-refractivity contribution in [3.63, 3.8) is 0 Å². The van der Waals surface area contributed by atoms with Crippen molar-refractivity contribution in [2.24, 2.45) is 0 Å². The Morgan fingerprint density at radius 1 is 1.21 bits per heavy atom. The molecule has 78 valence electrons. The third kappa shape index (κ3) is 3.36. The molecule has 0 aliphatic heterocycles. The molecular formula is C11H16O3. The number of aliphatic hydroxyl groups excluding tert-OH is 1. The molecule has 1 aromatic rings. The Morgan fingerprint density at radius 3 is 2.29 bits per heavy atom. The lowest BCUT2D eigenvalue weighted by Crippen LogP contribution is -2.11. The van der Waals surface area contributed by atoms with E-state index in [0.29, 0.717) is 0 Å². The lowest BCUT2D eigenvalue weighted by Gasteiger charge is -2.13. The Hall–Kier alpha value is -1.06. The van der Waals surface area contributed by atoms with E-state index in [0.717, 1.165) is 5.56 Å². The molecule has 0 fully saturated rings. The molecular weight excluding hydrogens is 180 g/mol. The number of ether oxygens (including phenoxy) is 1. The number of phenolic OH excluding ortho intramolecular Hbond substituents is 1. The van der Waals surface area contributed by atoms with E-state index in [2.05, 4.69) is 0 Å². The minimum Gasteiger partial charge on any atom is -0.508 e. The van der Waals surface area contributed by atoms with E-state index in [1.54, 1.807) is 24.3 Å². The molecule has 0 radical (unpaired) electrons. The fourth-order valence-electron chi connectivity index (χ4n) is 1.08. The summed E-state index contributed by atoms with van der Waals surface area (Å²) in [6.45, 7) is 4.12. The summed E-state index contributed by atoms with van der Waals surface area (Å²) in [5.41, 5.74) is 0.753. The van der Waals surface area contributed by atoms with Crippen molar-refractivity contribution in [2.45, 2.75) is 26.1 Å². The second-order valence-corrected chi connectivity index (χ2v) is 3.49. The lowest BCUT2D eigenvalue weighted by atomic mass is 10.1. The predicted molar refractivity (Wildman–Crippen MR) is 54.2 cm³/mol. The van der Waals surface area contributed by atoms with Crippen LogP contribution in [0.3, 0.4) is 0 Å². The van der Waals surface area contributed by atoms with E-state index in [1.165, 1.54) is 0 Å². The molecule has 0 saturated carbocycles. The Labute approximate surface area is 84.0 Å². The second kappa shape index (κ2) is 4.98. The smallest absolute Gasteiger partial charge is 0.115 e. The first kappa shape index (κ1) is 11.0. The zero-order valence-corrected chi connectivity index (χ0v) is 8.47. The molecule has 3 nitrogen and oxygen atoms in total. The average Bonchev–Trinajstić information content (AvgIpc) is 2.15. The highest BCUT2D eigenvalue weighted by molar-refractivity contribution is 5.27. The SMILES string of the molecule is CC(C)OCC(O)c1ccc(O)cc1. The van der Waals surface area contributed by atoms with Crippen molar-refractivity contribution in [3.8, 4) is 5.75 Å². The first-order chi connectivity index (χ1) is 6.59. The van der Waals surface area contributed by atoms with Gasteiger partial charge in [0.25, 0.3) is 0 Å². The average molecular weight is 196 g/mol. The maximum absolute atomic E-state index is 9.65. The molecule has 1 unspecified atom stereocenters. The lowest BCUT2D eigenvalue weighted by molar-refractivity contribution is 0.00491. The van der Waals surface area contributed by atoms with E-state index in [-0.39, 0.29) is 18.5 Å². The monoisotopic (exact) mass is 196 g/mol. The summed E-state index contributed by atoms with van der Waals surface area (Å²) in [5.74, 6) is 0.200. The van der Waals surface area contributed by atoms with Gasteiger partial charge in [0.15, 0.2) is 0 Å². The van der Waals surface area contributed by atoms with Gasteiger partial charge in [-0.15, -0.1) is 0 Å². The van der Waals surface area contributed by atoms with E-state index in [1.807, 2.05) is 13.8 Å². The van der Waals surface area contributed by atoms with Crippen LogP contribution in [-0.2, 0) is 4.74 Å². The van der Waals surface area contributed by atoms with Crippen LogP contribution < -0.4 is 0 Å². The van der Waals surface area contributed by atoms with Crippen LogP contribution in [0.25, 0.3) is 0 Å². The number of aliphatic hydroxyl groups is 1. The first-order valence-electron chi connectivity index (χ1n) is 4.68. The summed E-state index contributed by atoms with van der Waals surface area (Å²) >= 11 is 0. The molecule has 1 atom stereocenters. The van der Waals surface area contributed by atoms with Crippen molar-refractivity contribution in [1.29, 1.82) is 0 Å². The molecule has 0 spiro atoms. The van der Waals surface area contributed by atoms with Gasteiger partial charge in [0.05, 0.1) is 12.7 Å². The van der Waals surface area contributed by atoms with Gasteiger partial charge in [-0.3, -0.25) is 0 Å². The fraction of sp³-hybridized carbons (Fsp3) is 0.455. The molecule has 1 rings (SSSR count). The number of rotatable bonds is 4. The van der Waals surface area contributed by atoms with Gasteiger partial charge in [-0.1, -0.05) is 12.1 Å². The fourth-order valence-corrected chi connectivity index (χ4v) is 1.08. The van der Waals surface area contributed by atoms with Gasteiger partial charge < -0.3 is 14.9 Å². The molecule has 0 aliphatic rings. The first-order valence-corrected chi connectivity index (χ1v) is 4.68. The molecule has 14 heavy (non-hydrogen) atoms. The van der Waals surface area contributed by atoms with E-state index in [9.17, 15) is 5.11 Å². The van der Waals surface area contributed by atoms with Gasteiger partial charge in [0, 0.05) is 0 Å². The highest BCUT2D eigenvalue weighted by atomic mass is 16.5. The largest absolute Gasteiger partial charge is 0.508 e. The van der Waals surface area contributed by atoms with Gasteiger partial charge >= 0.3 is 0 Å². The van der Waals surface area contributed by atoms with Crippen LogP contribution >= 0.6 is 0 Å². The molecule has 0 amide bonds. The van der Waals surface area contributed by atoms with Crippen molar-refractivity contribution < 1.29 is 14.9 Å². The highest BCUT2D eigenvalue weighted by Crippen LogP contribution is 2.17. The van der Waals surface area contributed by atoms with Gasteiger partial charge in [0.1, 0.15) is 11.9 Å². The van der Waals surface area contributed by atoms with Crippen LogP contribution in [0.15, 0.2) is 24.3 Å². The minimum absolute atomic E-state index is 0.113. The molecule has 0 heterocycles. The van der Waals surface area contributed by atoms with Crippen LogP contribution in [-0.4, -0.2) is 22.9 Å². The molecule has 0 aromatic heterocycles. The quantitative estimate of drug-likeness (QED) is 0.772. The van der Waals surface area contributed by atoms with Crippen molar-refractivity contribution >= 4 is 0 Å². The standard InChI is InChI=1S/C11H16O3/c1-8(2)14-7-11(13)9-3-5-10(12)6-4-9/h3-6,8,11-13H,7H2,1-2H3. The Balaban J connectivity index is 2.52. The van der Waals surface area contributed by atoms with E-state index >= 15 is 0 Å². The summed E-state index contributed by atoms with van der Waals surface area (Å²) in [4.78, 5) is 0. The zero-order valence-electron chi connectivity index (χ0n) is 8.47. The van der Waals surface area contributed by atoms with Crippen molar-refractivity contribution in [3.05, 3.63) is 29.8 Å². The van der Waals surface area contributed by atoms with E-state index in [4.69, 9.17) is 9.84 Å². The van der Waals surface area contributed by atoms with Gasteiger partial charge in [-0.2, -0.15) is 0 Å². The minimum atomic E-state index is -0.627. The third-order valence-electron chi connectivity index (χ3n) is 1.87. The highest BCUT2D eigenvalue weighted by Gasteiger charge is 2.08. The summed E-state index contributed by atoms with van der Waals surface area (Å²) in [5, 5.41) is 18.7.